The quantitative estimate of drug-likeness (QED) is 0.366. The first-order valence-corrected chi connectivity index (χ1v) is 13.6. The van der Waals surface area contributed by atoms with Gasteiger partial charge in [-0.1, -0.05) is 12.1 Å². The Morgan fingerprint density at radius 2 is 2.06 bits per heavy atom. The minimum Gasteiger partial charge on any atom is -0.412 e. The van der Waals surface area contributed by atoms with Gasteiger partial charge in [-0.25, -0.2) is 18.4 Å². The molecule has 1 atom stereocenters. The van der Waals surface area contributed by atoms with Gasteiger partial charge in [0.15, 0.2) is 0 Å². The van der Waals surface area contributed by atoms with Crippen LogP contribution in [0.1, 0.15) is 46.0 Å². The van der Waals surface area contributed by atoms with E-state index in [1.807, 2.05) is 24.3 Å². The third-order valence-corrected chi connectivity index (χ3v) is 9.48. The minimum atomic E-state index is -3.53. The minimum absolute atomic E-state index is 0.0181. The smallest absolute Gasteiger partial charge is 0.312 e. The fourth-order valence-corrected chi connectivity index (χ4v) is 6.94. The molecule has 0 bridgehead atoms. The highest BCUT2D eigenvalue weighted by molar-refractivity contribution is 7.90. The van der Waals surface area contributed by atoms with Crippen molar-refractivity contribution in [1.82, 2.24) is 39.2 Å². The van der Waals surface area contributed by atoms with Crippen molar-refractivity contribution in [1.29, 1.82) is 0 Å². The van der Waals surface area contributed by atoms with Crippen molar-refractivity contribution >= 4 is 37.5 Å². The van der Waals surface area contributed by atoms with Crippen LogP contribution in [-0.4, -0.2) is 65.4 Å². The fraction of sp³-hybridized carbons (Fsp3) is 0.273. The summed E-state index contributed by atoms with van der Waals surface area (Å²) in [4.78, 5) is 27.7. The van der Waals surface area contributed by atoms with Crippen LogP contribution in [0.25, 0.3) is 21.7 Å². The van der Waals surface area contributed by atoms with Crippen molar-refractivity contribution in [2.75, 3.05) is 6.54 Å². The number of aromatic amines is 1. The van der Waals surface area contributed by atoms with Gasteiger partial charge in [0.1, 0.15) is 11.0 Å². The van der Waals surface area contributed by atoms with E-state index in [4.69, 9.17) is 9.40 Å². The molecule has 182 valence electrons. The van der Waals surface area contributed by atoms with Crippen LogP contribution < -0.4 is 0 Å². The number of hydrogen-bond donors (Lipinski definition) is 1. The monoisotopic (exact) mass is 522 g/mol. The van der Waals surface area contributed by atoms with Crippen LogP contribution in [0.4, 0.5) is 0 Å². The number of imidazole rings is 1. The molecule has 0 saturated heterocycles. The van der Waals surface area contributed by atoms with Gasteiger partial charge >= 0.3 is 11.8 Å². The van der Waals surface area contributed by atoms with Crippen molar-refractivity contribution in [3.05, 3.63) is 65.3 Å². The highest BCUT2D eigenvalue weighted by Crippen LogP contribution is 2.38. The number of rotatable bonds is 5. The maximum absolute atomic E-state index is 13.6. The predicted molar refractivity (Wildman–Crippen MR) is 128 cm³/mol. The second kappa shape index (κ2) is 7.80. The molecule has 4 aromatic heterocycles. The van der Waals surface area contributed by atoms with Gasteiger partial charge in [-0.15, -0.1) is 21.5 Å². The molecule has 1 amide bonds. The molecular weight excluding hydrogens is 504 g/mol. The van der Waals surface area contributed by atoms with E-state index >= 15 is 0 Å². The van der Waals surface area contributed by atoms with Gasteiger partial charge in [0.05, 0.1) is 45.4 Å². The largest absolute Gasteiger partial charge is 0.412 e. The number of fused-ring (bicyclic) bond motifs is 2. The van der Waals surface area contributed by atoms with E-state index in [0.717, 1.165) is 30.7 Å². The van der Waals surface area contributed by atoms with E-state index in [1.165, 1.54) is 23.7 Å². The molecule has 36 heavy (non-hydrogen) atoms. The summed E-state index contributed by atoms with van der Waals surface area (Å²) in [6, 6.07) is 7.29. The molecule has 1 fully saturated rings. The van der Waals surface area contributed by atoms with Crippen LogP contribution in [0.2, 0.25) is 0 Å². The molecule has 1 aromatic carbocycles. The molecule has 2 aliphatic rings. The number of nitrogens with zero attached hydrogens (tertiary/aromatic N) is 7. The Bertz CT molecular complexity index is 1700. The first kappa shape index (κ1) is 21.4. The summed E-state index contributed by atoms with van der Waals surface area (Å²) >= 11 is 1.51. The van der Waals surface area contributed by atoms with Crippen molar-refractivity contribution in [2.45, 2.75) is 30.6 Å². The Hall–Kier alpha value is -3.91. The van der Waals surface area contributed by atoms with E-state index in [1.54, 1.807) is 11.2 Å². The van der Waals surface area contributed by atoms with Crippen LogP contribution in [0.15, 0.2) is 47.4 Å². The summed E-state index contributed by atoms with van der Waals surface area (Å²) in [5.41, 5.74) is 2.87. The summed E-state index contributed by atoms with van der Waals surface area (Å²) in [7, 11) is -3.53. The van der Waals surface area contributed by atoms with Gasteiger partial charge in [0.25, 0.3) is 15.9 Å². The van der Waals surface area contributed by atoms with Gasteiger partial charge < -0.3 is 14.3 Å². The standard InChI is InChI=1S/C22H18N8O4S2/c31-22(20-28-27-19(34-20)12-9-25-30(10-12)36(32,33)13-5-6-13)29-8-7-15-17(24-11-23-15)18(29)21-26-14-3-1-2-4-16(14)35-21/h1-4,9-11,13,18H,5-8H2,(H,23,24)/t18-/m0/s1. The second-order valence-electron chi connectivity index (χ2n) is 8.70. The number of thiazole rings is 1. The molecule has 1 saturated carbocycles. The molecule has 7 rings (SSSR count). The lowest BCUT2D eigenvalue weighted by Gasteiger charge is -2.32. The zero-order valence-corrected chi connectivity index (χ0v) is 20.2. The lowest BCUT2D eigenvalue weighted by atomic mass is 10.0. The predicted octanol–water partition coefficient (Wildman–Crippen LogP) is 2.39. The number of carbonyl (C=O) groups is 1. The van der Waals surface area contributed by atoms with Gasteiger partial charge in [0, 0.05) is 18.7 Å². The molecule has 1 aliphatic heterocycles. The lowest BCUT2D eigenvalue weighted by molar-refractivity contribution is 0.0650. The maximum atomic E-state index is 13.6. The highest BCUT2D eigenvalue weighted by Gasteiger charge is 2.39. The molecule has 5 heterocycles. The SMILES string of the molecule is O=C(c1nnc(-c2cnn(S(=O)(=O)C3CC3)c2)o1)N1CCc2[nH]cnc2[C@H]1c1nc2ccccc2s1. The molecule has 0 spiro atoms. The molecular formula is C22H18N8O4S2. The van der Waals surface area contributed by atoms with Crippen molar-refractivity contribution in [3.8, 4) is 11.5 Å². The highest BCUT2D eigenvalue weighted by atomic mass is 32.2. The van der Waals surface area contributed by atoms with E-state index in [2.05, 4.69) is 25.3 Å². The average Bonchev–Trinajstić information content (AvgIpc) is 3.32. The molecule has 0 radical (unpaired) electrons. The molecule has 5 aromatic rings. The fourth-order valence-electron chi connectivity index (χ4n) is 4.37. The number of carbonyl (C=O) groups excluding carboxylic acids is 1. The second-order valence-corrected chi connectivity index (χ2v) is 11.8. The topological polar surface area (TPSA) is 153 Å². The Labute approximate surface area is 208 Å². The van der Waals surface area contributed by atoms with E-state index < -0.39 is 27.2 Å². The number of H-pyrrole nitrogens is 1. The third-order valence-electron chi connectivity index (χ3n) is 6.35. The maximum Gasteiger partial charge on any atom is 0.312 e. The first-order chi connectivity index (χ1) is 17.5. The molecule has 0 unspecified atom stereocenters. The van der Waals surface area contributed by atoms with Crippen LogP contribution >= 0.6 is 11.3 Å². The Kier molecular flexibility index (Phi) is 4.63. The van der Waals surface area contributed by atoms with E-state index in [9.17, 15) is 13.2 Å². The number of amides is 1. The van der Waals surface area contributed by atoms with Gasteiger partial charge in [-0.05, 0) is 25.0 Å². The Morgan fingerprint density at radius 3 is 2.89 bits per heavy atom. The average molecular weight is 523 g/mol. The lowest BCUT2D eigenvalue weighted by Crippen LogP contribution is -2.40. The Balaban J connectivity index is 1.22. The van der Waals surface area contributed by atoms with Crippen molar-refractivity contribution in [2.24, 2.45) is 0 Å². The third kappa shape index (κ3) is 3.36. The summed E-state index contributed by atoms with van der Waals surface area (Å²) in [5, 5.41) is 12.2. The van der Waals surface area contributed by atoms with Crippen LogP contribution in [0.3, 0.4) is 0 Å². The zero-order chi connectivity index (χ0) is 24.4. The van der Waals surface area contributed by atoms with E-state index in [0.29, 0.717) is 31.4 Å². The summed E-state index contributed by atoms with van der Waals surface area (Å²) in [5.74, 6) is -0.637. The molecule has 14 heteroatoms. The van der Waals surface area contributed by atoms with Gasteiger partial charge in [-0.2, -0.15) is 9.19 Å². The van der Waals surface area contributed by atoms with Gasteiger partial charge in [0.2, 0.25) is 0 Å². The van der Waals surface area contributed by atoms with Crippen LogP contribution in [0, 0.1) is 0 Å². The van der Waals surface area contributed by atoms with E-state index in [-0.39, 0.29) is 11.8 Å². The molecule has 12 nitrogen and oxygen atoms in total. The number of hydrogen-bond acceptors (Lipinski definition) is 10. The Morgan fingerprint density at radius 1 is 1.19 bits per heavy atom. The summed E-state index contributed by atoms with van der Waals surface area (Å²) in [6.45, 7) is 0.407. The summed E-state index contributed by atoms with van der Waals surface area (Å²) in [6.07, 6.45) is 6.13. The van der Waals surface area contributed by atoms with Crippen LogP contribution in [-0.2, 0) is 16.4 Å². The number of benzene rings is 1. The van der Waals surface area contributed by atoms with Gasteiger partial charge in [-0.3, -0.25) is 4.79 Å². The first-order valence-electron chi connectivity index (χ1n) is 11.3. The van der Waals surface area contributed by atoms with Crippen molar-refractivity contribution < 1.29 is 17.6 Å². The zero-order valence-electron chi connectivity index (χ0n) is 18.6. The molecule has 1 aliphatic carbocycles. The summed E-state index contributed by atoms with van der Waals surface area (Å²) < 4.78 is 32.5. The number of nitrogens with one attached hydrogen (secondary N) is 1. The molecule has 1 N–H and O–H groups in total. The normalized spacial score (nSPS) is 18.0. The number of para-hydroxylation sites is 1. The number of aromatic nitrogens is 7. The van der Waals surface area contributed by atoms with Crippen molar-refractivity contribution in [3.63, 3.8) is 0 Å². The van der Waals surface area contributed by atoms with Crippen LogP contribution in [0.5, 0.6) is 0 Å².